The Labute approximate surface area is 175 Å². The Morgan fingerprint density at radius 1 is 1.04 bits per heavy atom. The molecule has 1 amide bonds. The number of aryl methyl sites for hydroxylation is 1. The number of amides is 1. The fourth-order valence-corrected chi connectivity index (χ4v) is 2.93. The molecule has 0 saturated heterocycles. The average Bonchev–Trinajstić information content (AvgIpc) is 2.66. The monoisotopic (exact) mass is 437 g/mol. The van der Waals surface area contributed by atoms with Crippen LogP contribution in [0.25, 0.3) is 11.3 Å². The first-order chi connectivity index (χ1) is 13.3. The first kappa shape index (κ1) is 20.2. The zero-order valence-electron chi connectivity index (χ0n) is 14.6. The molecule has 0 aliphatic carbocycles. The van der Waals surface area contributed by atoms with Crippen LogP contribution in [-0.2, 0) is 11.8 Å². The number of aromatic nitrogens is 2. The summed E-state index contributed by atoms with van der Waals surface area (Å²) in [6, 6.07) is 13.0. The number of nitrogens with zero attached hydrogens (tertiary/aromatic N) is 2. The van der Waals surface area contributed by atoms with Crippen molar-refractivity contribution in [1.29, 1.82) is 0 Å². The quantitative estimate of drug-likeness (QED) is 0.598. The Morgan fingerprint density at radius 3 is 2.39 bits per heavy atom. The summed E-state index contributed by atoms with van der Waals surface area (Å²) in [6.45, 7) is -0.248. The van der Waals surface area contributed by atoms with E-state index in [1.807, 2.05) is 0 Å². The lowest BCUT2D eigenvalue weighted by Crippen LogP contribution is -2.20. The van der Waals surface area contributed by atoms with Crippen LogP contribution in [0.3, 0.4) is 0 Å². The molecule has 2 aromatic carbocycles. The lowest BCUT2D eigenvalue weighted by molar-refractivity contribution is -0.118. The molecule has 0 saturated carbocycles. The molecular formula is C19H14Cl3N3O3. The normalized spacial score (nSPS) is 10.6. The summed E-state index contributed by atoms with van der Waals surface area (Å²) in [7, 11) is 1.58. The fourth-order valence-electron chi connectivity index (χ4n) is 2.34. The molecule has 6 nitrogen and oxygen atoms in total. The zero-order valence-corrected chi connectivity index (χ0v) is 16.8. The third kappa shape index (κ3) is 4.84. The Balaban J connectivity index is 1.62. The topological polar surface area (TPSA) is 73.2 Å². The second-order valence-corrected chi connectivity index (χ2v) is 7.01. The highest BCUT2D eigenvalue weighted by Gasteiger charge is 2.10. The van der Waals surface area contributed by atoms with Crippen molar-refractivity contribution in [2.75, 3.05) is 11.9 Å². The first-order valence-electron chi connectivity index (χ1n) is 8.05. The van der Waals surface area contributed by atoms with Gasteiger partial charge in [-0.2, -0.15) is 5.10 Å². The van der Waals surface area contributed by atoms with Crippen LogP contribution in [-0.4, -0.2) is 22.3 Å². The van der Waals surface area contributed by atoms with Crippen LogP contribution >= 0.6 is 34.8 Å². The van der Waals surface area contributed by atoms with E-state index in [9.17, 15) is 9.59 Å². The van der Waals surface area contributed by atoms with E-state index in [1.165, 1.54) is 22.9 Å². The SMILES string of the molecule is Cn1nc(-c2ccc(NC(=O)COc3cc(Cl)c(Cl)cc3Cl)cc2)ccc1=O. The van der Waals surface area contributed by atoms with Crippen LogP contribution in [0.15, 0.2) is 53.3 Å². The van der Waals surface area contributed by atoms with Crippen molar-refractivity contribution in [3.63, 3.8) is 0 Å². The van der Waals surface area contributed by atoms with E-state index in [4.69, 9.17) is 39.5 Å². The number of nitrogens with one attached hydrogen (secondary N) is 1. The minimum Gasteiger partial charge on any atom is -0.482 e. The summed E-state index contributed by atoms with van der Waals surface area (Å²) in [5, 5.41) is 7.74. The lowest BCUT2D eigenvalue weighted by Gasteiger charge is -2.10. The smallest absolute Gasteiger partial charge is 0.266 e. The molecule has 28 heavy (non-hydrogen) atoms. The third-order valence-corrected chi connectivity index (χ3v) is 4.78. The Kier molecular flexibility index (Phi) is 6.24. The molecule has 0 atom stereocenters. The van der Waals surface area contributed by atoms with Crippen LogP contribution in [0, 0.1) is 0 Å². The molecule has 3 aromatic rings. The van der Waals surface area contributed by atoms with Crippen LogP contribution in [0.2, 0.25) is 15.1 Å². The van der Waals surface area contributed by atoms with Gasteiger partial charge in [-0.3, -0.25) is 9.59 Å². The zero-order chi connectivity index (χ0) is 20.3. The number of hydrogen-bond acceptors (Lipinski definition) is 4. The highest BCUT2D eigenvalue weighted by molar-refractivity contribution is 6.43. The number of hydrogen-bond donors (Lipinski definition) is 1. The second-order valence-electron chi connectivity index (χ2n) is 5.79. The Hall–Kier alpha value is -2.54. The molecule has 144 valence electrons. The maximum Gasteiger partial charge on any atom is 0.266 e. The summed E-state index contributed by atoms with van der Waals surface area (Å²) >= 11 is 17.8. The van der Waals surface area contributed by atoms with E-state index in [0.717, 1.165) is 5.56 Å². The first-order valence-corrected chi connectivity index (χ1v) is 9.19. The maximum atomic E-state index is 12.1. The number of benzene rings is 2. The van der Waals surface area contributed by atoms with Gasteiger partial charge in [-0.25, -0.2) is 4.68 Å². The Bertz CT molecular complexity index is 1080. The van der Waals surface area contributed by atoms with Crippen molar-refractivity contribution >= 4 is 46.4 Å². The van der Waals surface area contributed by atoms with Gasteiger partial charge in [0.15, 0.2) is 6.61 Å². The fraction of sp³-hybridized carbons (Fsp3) is 0.105. The summed E-state index contributed by atoms with van der Waals surface area (Å²) in [4.78, 5) is 23.5. The van der Waals surface area contributed by atoms with E-state index >= 15 is 0 Å². The molecular weight excluding hydrogens is 425 g/mol. The molecule has 0 unspecified atom stereocenters. The van der Waals surface area contributed by atoms with E-state index in [1.54, 1.807) is 37.4 Å². The van der Waals surface area contributed by atoms with Gasteiger partial charge in [0, 0.05) is 30.4 Å². The number of ether oxygens (including phenoxy) is 1. The van der Waals surface area contributed by atoms with Gasteiger partial charge in [0.05, 0.1) is 20.8 Å². The van der Waals surface area contributed by atoms with Crippen molar-refractivity contribution in [3.8, 4) is 17.0 Å². The summed E-state index contributed by atoms with van der Waals surface area (Å²) in [5.74, 6) is -0.0996. The molecule has 1 heterocycles. The number of anilines is 1. The number of rotatable bonds is 5. The molecule has 0 radical (unpaired) electrons. The van der Waals surface area contributed by atoms with E-state index < -0.39 is 0 Å². The van der Waals surface area contributed by atoms with E-state index in [0.29, 0.717) is 16.4 Å². The molecule has 0 aliphatic rings. The number of halogens is 3. The maximum absolute atomic E-state index is 12.1. The molecule has 0 fully saturated rings. The highest BCUT2D eigenvalue weighted by Crippen LogP contribution is 2.33. The van der Waals surface area contributed by atoms with Gasteiger partial charge >= 0.3 is 0 Å². The minimum atomic E-state index is -0.366. The molecule has 1 aromatic heterocycles. The van der Waals surface area contributed by atoms with Crippen molar-refractivity contribution in [3.05, 3.63) is 74.0 Å². The van der Waals surface area contributed by atoms with Gasteiger partial charge in [-0.1, -0.05) is 46.9 Å². The van der Waals surface area contributed by atoms with Crippen molar-refractivity contribution in [1.82, 2.24) is 9.78 Å². The van der Waals surface area contributed by atoms with Gasteiger partial charge in [0.25, 0.3) is 11.5 Å². The minimum absolute atomic E-state index is 0.185. The molecule has 0 spiro atoms. The van der Waals surface area contributed by atoms with Crippen LogP contribution < -0.4 is 15.6 Å². The van der Waals surface area contributed by atoms with Crippen LogP contribution in [0.4, 0.5) is 5.69 Å². The molecule has 0 bridgehead atoms. The predicted octanol–water partition coefficient (Wildman–Crippen LogP) is 4.43. The van der Waals surface area contributed by atoms with Gasteiger partial charge < -0.3 is 10.1 Å². The summed E-state index contributed by atoms with van der Waals surface area (Å²) in [5.41, 5.74) is 1.86. The third-order valence-electron chi connectivity index (χ3n) is 3.76. The van der Waals surface area contributed by atoms with E-state index in [-0.39, 0.29) is 33.9 Å². The van der Waals surface area contributed by atoms with Crippen LogP contribution in [0.5, 0.6) is 5.75 Å². The number of carbonyl (C=O) groups is 1. The standard InChI is InChI=1S/C19H14Cl3N3O3/c1-25-19(27)7-6-16(24-25)11-2-4-12(5-3-11)23-18(26)10-28-17-9-14(21)13(20)8-15(17)22/h2-9H,10H2,1H3,(H,23,26). The summed E-state index contributed by atoms with van der Waals surface area (Å²) < 4.78 is 6.66. The average molecular weight is 439 g/mol. The molecule has 0 aliphatic heterocycles. The van der Waals surface area contributed by atoms with Crippen molar-refractivity contribution < 1.29 is 9.53 Å². The molecule has 1 N–H and O–H groups in total. The van der Waals surface area contributed by atoms with Crippen molar-refractivity contribution in [2.24, 2.45) is 7.05 Å². The van der Waals surface area contributed by atoms with Crippen molar-refractivity contribution in [2.45, 2.75) is 0 Å². The largest absolute Gasteiger partial charge is 0.482 e. The van der Waals surface area contributed by atoms with Gasteiger partial charge in [-0.15, -0.1) is 0 Å². The summed E-state index contributed by atoms with van der Waals surface area (Å²) in [6.07, 6.45) is 0. The van der Waals surface area contributed by atoms with Gasteiger partial charge in [0.2, 0.25) is 0 Å². The van der Waals surface area contributed by atoms with Crippen LogP contribution in [0.1, 0.15) is 0 Å². The predicted molar refractivity (Wildman–Crippen MR) is 111 cm³/mol. The Morgan fingerprint density at radius 2 is 1.71 bits per heavy atom. The highest BCUT2D eigenvalue weighted by atomic mass is 35.5. The number of carbonyl (C=O) groups excluding carboxylic acids is 1. The van der Waals surface area contributed by atoms with Gasteiger partial charge in [-0.05, 0) is 24.3 Å². The molecule has 9 heteroatoms. The van der Waals surface area contributed by atoms with E-state index in [2.05, 4.69) is 10.4 Å². The van der Waals surface area contributed by atoms with Gasteiger partial charge in [0.1, 0.15) is 5.75 Å². The second kappa shape index (κ2) is 8.65. The molecule has 3 rings (SSSR count). The lowest BCUT2D eigenvalue weighted by atomic mass is 10.1.